The highest BCUT2D eigenvalue weighted by Crippen LogP contribution is 2.29. The Balaban J connectivity index is 1.62. The van der Waals surface area contributed by atoms with Gasteiger partial charge in [0.15, 0.2) is 5.57 Å². The van der Waals surface area contributed by atoms with Crippen LogP contribution in [0.5, 0.6) is 0 Å². The number of nitriles is 1. The fourth-order valence-electron chi connectivity index (χ4n) is 5.00. The summed E-state index contributed by atoms with van der Waals surface area (Å²) in [4.78, 5) is 27.3. The van der Waals surface area contributed by atoms with Crippen LogP contribution in [0.3, 0.4) is 0 Å². The number of benzene rings is 3. The van der Waals surface area contributed by atoms with Gasteiger partial charge in [-0.1, -0.05) is 42.3 Å². The summed E-state index contributed by atoms with van der Waals surface area (Å²) in [6, 6.07) is 16.6. The number of thiazole rings is 1. The minimum Gasteiger partial charge on any atom is -0.321 e. The summed E-state index contributed by atoms with van der Waals surface area (Å²) in [5.74, 6) is -0.897. The van der Waals surface area contributed by atoms with E-state index in [1.54, 1.807) is 25.1 Å². The van der Waals surface area contributed by atoms with Crippen LogP contribution in [0.25, 0.3) is 17.3 Å². The number of carbonyl (C=O) groups excluding carboxylic acids is 1. The van der Waals surface area contributed by atoms with E-state index in [0.29, 0.717) is 34.9 Å². The number of aromatic nitrogens is 1. The molecule has 8 nitrogen and oxygen atoms in total. The molecule has 4 aromatic rings. The molecular formula is C32H26ClF3N4O4S2. The Hall–Kier alpha value is -4.22. The molecule has 238 valence electrons. The van der Waals surface area contributed by atoms with Gasteiger partial charge in [0, 0.05) is 23.8 Å². The van der Waals surface area contributed by atoms with E-state index in [2.05, 4.69) is 5.32 Å². The van der Waals surface area contributed by atoms with Crippen molar-refractivity contribution >= 4 is 56.2 Å². The number of anilines is 1. The Kier molecular flexibility index (Phi) is 9.55. The second-order valence-corrected chi connectivity index (χ2v) is 13.9. The molecule has 1 aliphatic heterocycles. The molecule has 1 amide bonds. The Morgan fingerprint density at radius 3 is 2.37 bits per heavy atom. The molecule has 0 bridgehead atoms. The summed E-state index contributed by atoms with van der Waals surface area (Å²) in [5, 5.41) is 13.1. The predicted octanol–water partition coefficient (Wildman–Crippen LogP) is 5.20. The molecule has 0 aliphatic carbocycles. The van der Waals surface area contributed by atoms with Crippen LogP contribution in [-0.2, 0) is 21.0 Å². The standard InChI is InChI=1S/C32H26ClF3N4O4S2/c1-20-26(33)9-6-10-27(20)40-30(42)28(17-21-11-13-22(14-12-21)32(34,35)36)45-31(40)25(19-37)29(41)38-23-7-5-8-24(18-23)46(43,44)39-15-3-2-4-16-39/h5-14,17-18H,2-4,15-16H2,1H3,(H,38,41). The van der Waals surface area contributed by atoms with E-state index >= 15 is 0 Å². The number of sulfonamides is 1. The van der Waals surface area contributed by atoms with Crippen molar-refractivity contribution in [2.45, 2.75) is 37.3 Å². The molecule has 14 heteroatoms. The number of carbonyl (C=O) groups is 1. The van der Waals surface area contributed by atoms with Crippen LogP contribution in [-0.4, -0.2) is 36.3 Å². The number of piperidine rings is 1. The van der Waals surface area contributed by atoms with Crippen molar-refractivity contribution in [2.75, 3.05) is 18.4 Å². The number of nitrogens with one attached hydrogen (secondary N) is 1. The second kappa shape index (κ2) is 13.3. The van der Waals surface area contributed by atoms with Gasteiger partial charge in [0.25, 0.3) is 11.5 Å². The maximum absolute atomic E-state index is 13.8. The fraction of sp³-hybridized carbons (Fsp3) is 0.219. The maximum Gasteiger partial charge on any atom is 0.416 e. The van der Waals surface area contributed by atoms with Crippen LogP contribution in [0.2, 0.25) is 5.02 Å². The molecule has 1 aromatic heterocycles. The van der Waals surface area contributed by atoms with Crippen molar-refractivity contribution < 1.29 is 26.4 Å². The molecule has 0 unspecified atom stereocenters. The lowest BCUT2D eigenvalue weighted by atomic mass is 10.1. The Bertz CT molecular complexity index is 2150. The van der Waals surface area contributed by atoms with Crippen molar-refractivity contribution in [3.8, 4) is 11.8 Å². The monoisotopic (exact) mass is 686 g/mol. The zero-order chi connectivity index (χ0) is 33.2. The smallest absolute Gasteiger partial charge is 0.321 e. The Morgan fingerprint density at radius 2 is 1.72 bits per heavy atom. The van der Waals surface area contributed by atoms with Crippen LogP contribution in [0, 0.1) is 18.3 Å². The summed E-state index contributed by atoms with van der Waals surface area (Å²) in [7, 11) is -3.81. The number of hydrogen-bond acceptors (Lipinski definition) is 6. The van der Waals surface area contributed by atoms with E-state index in [4.69, 9.17) is 11.6 Å². The highest BCUT2D eigenvalue weighted by Gasteiger charge is 2.30. The second-order valence-electron chi connectivity index (χ2n) is 10.5. The van der Waals surface area contributed by atoms with Crippen molar-refractivity contribution in [1.29, 1.82) is 5.26 Å². The third-order valence-corrected chi connectivity index (χ3v) is 10.8. The van der Waals surface area contributed by atoms with Gasteiger partial charge in [-0.3, -0.25) is 14.2 Å². The minimum atomic E-state index is -4.53. The molecule has 46 heavy (non-hydrogen) atoms. The third-order valence-electron chi connectivity index (χ3n) is 7.44. The number of amides is 1. The fourth-order valence-corrected chi connectivity index (χ4v) is 7.83. The quantitative estimate of drug-likeness (QED) is 0.300. The third kappa shape index (κ3) is 6.80. The van der Waals surface area contributed by atoms with Gasteiger partial charge in [0.1, 0.15) is 10.7 Å². The number of rotatable bonds is 6. The first-order valence-corrected chi connectivity index (χ1v) is 16.7. The van der Waals surface area contributed by atoms with E-state index in [9.17, 15) is 36.4 Å². The van der Waals surface area contributed by atoms with E-state index in [-0.39, 0.29) is 19.8 Å². The molecule has 0 atom stereocenters. The zero-order valence-corrected chi connectivity index (χ0v) is 26.7. The first-order chi connectivity index (χ1) is 21.8. The van der Waals surface area contributed by atoms with Gasteiger partial charge in [-0.15, -0.1) is 11.3 Å². The number of alkyl halides is 3. The Morgan fingerprint density at radius 1 is 1.04 bits per heavy atom. The molecule has 1 fully saturated rings. The first-order valence-electron chi connectivity index (χ1n) is 14.0. The summed E-state index contributed by atoms with van der Waals surface area (Å²) < 4.78 is 68.2. The van der Waals surface area contributed by atoms with Gasteiger partial charge < -0.3 is 5.32 Å². The zero-order valence-electron chi connectivity index (χ0n) is 24.3. The van der Waals surface area contributed by atoms with Gasteiger partial charge >= 0.3 is 6.18 Å². The molecule has 1 saturated heterocycles. The van der Waals surface area contributed by atoms with Crippen molar-refractivity contribution in [3.05, 3.63) is 108 Å². The van der Waals surface area contributed by atoms with Crippen molar-refractivity contribution in [2.24, 2.45) is 0 Å². The molecule has 1 N–H and O–H groups in total. The van der Waals surface area contributed by atoms with E-state index in [1.807, 2.05) is 6.07 Å². The lowest BCUT2D eigenvalue weighted by Gasteiger charge is -2.26. The van der Waals surface area contributed by atoms with Gasteiger partial charge in [-0.05, 0) is 79.4 Å². The van der Waals surface area contributed by atoms with E-state index in [0.717, 1.165) is 47.3 Å². The molecule has 1 aliphatic rings. The largest absolute Gasteiger partial charge is 0.416 e. The Labute approximate surface area is 271 Å². The van der Waals surface area contributed by atoms with Gasteiger partial charge in [0.05, 0.1) is 20.7 Å². The predicted molar refractivity (Wildman–Crippen MR) is 171 cm³/mol. The van der Waals surface area contributed by atoms with Crippen molar-refractivity contribution in [1.82, 2.24) is 8.87 Å². The normalized spacial score (nSPS) is 15.3. The van der Waals surface area contributed by atoms with Crippen LogP contribution >= 0.6 is 22.9 Å². The number of halogens is 4. The summed E-state index contributed by atoms with van der Waals surface area (Å²) in [5.41, 5.74) is -0.726. The topological polar surface area (TPSA) is 112 Å². The molecular weight excluding hydrogens is 661 g/mol. The average molecular weight is 687 g/mol. The maximum atomic E-state index is 13.8. The van der Waals surface area contributed by atoms with Crippen molar-refractivity contribution in [3.63, 3.8) is 0 Å². The molecule has 0 saturated carbocycles. The van der Waals surface area contributed by atoms with Crippen LogP contribution < -0.4 is 20.1 Å². The summed E-state index contributed by atoms with van der Waals surface area (Å²) in [6.45, 7) is 2.46. The lowest BCUT2D eigenvalue weighted by molar-refractivity contribution is -0.137. The van der Waals surface area contributed by atoms with E-state index in [1.165, 1.54) is 46.8 Å². The SMILES string of the molecule is Cc1c(Cl)cccc1-n1c(=C(C#N)C(=O)Nc2cccc(S(=O)(=O)N3CCCCC3)c2)sc(=Cc2ccc(C(F)(F)F)cc2)c1=O. The van der Waals surface area contributed by atoms with Gasteiger partial charge in [-0.25, -0.2) is 8.42 Å². The summed E-state index contributed by atoms with van der Waals surface area (Å²) >= 11 is 7.14. The molecule has 3 aromatic carbocycles. The number of nitrogens with zero attached hydrogens (tertiary/aromatic N) is 3. The van der Waals surface area contributed by atoms with Gasteiger partial charge in [0.2, 0.25) is 10.0 Å². The van der Waals surface area contributed by atoms with Crippen LogP contribution in [0.1, 0.15) is 36.0 Å². The molecule has 5 rings (SSSR count). The van der Waals surface area contributed by atoms with E-state index < -0.39 is 38.8 Å². The summed E-state index contributed by atoms with van der Waals surface area (Å²) in [6.07, 6.45) is -0.713. The van der Waals surface area contributed by atoms with Crippen LogP contribution in [0.4, 0.5) is 18.9 Å². The van der Waals surface area contributed by atoms with Crippen LogP contribution in [0.15, 0.2) is 76.4 Å². The molecule has 2 heterocycles. The number of hydrogen-bond donors (Lipinski definition) is 1. The highest BCUT2D eigenvalue weighted by molar-refractivity contribution is 7.89. The van der Waals surface area contributed by atoms with Gasteiger partial charge in [-0.2, -0.15) is 22.7 Å². The molecule has 0 radical (unpaired) electrons. The lowest BCUT2D eigenvalue weighted by Crippen LogP contribution is -2.35. The highest BCUT2D eigenvalue weighted by atomic mass is 35.5. The minimum absolute atomic E-state index is 0.0123. The molecule has 0 spiro atoms. The first kappa shape index (κ1) is 33.2. The average Bonchev–Trinajstić information content (AvgIpc) is 3.33.